The summed E-state index contributed by atoms with van der Waals surface area (Å²) in [4.78, 5) is -0.371. The molecule has 0 amide bonds. The van der Waals surface area contributed by atoms with Gasteiger partial charge >= 0.3 is 0 Å². The minimum Gasteiger partial charge on any atom is -0.207 e. The number of rotatable bonds is 4. The molecule has 146 valence electrons. The Morgan fingerprint density at radius 3 is 1.77 bits per heavy atom. The smallest absolute Gasteiger partial charge is 0.207 e. The van der Waals surface area contributed by atoms with Crippen molar-refractivity contribution in [3.05, 3.63) is 30.1 Å². The van der Waals surface area contributed by atoms with Crippen LogP contribution in [-0.4, -0.2) is 69.0 Å². The van der Waals surface area contributed by atoms with Gasteiger partial charge in [-0.2, -0.15) is 21.3 Å². The van der Waals surface area contributed by atoms with Crippen LogP contribution in [0.2, 0.25) is 0 Å². The van der Waals surface area contributed by atoms with Gasteiger partial charge < -0.3 is 0 Å². The van der Waals surface area contributed by atoms with E-state index in [0.29, 0.717) is 13.1 Å². The van der Waals surface area contributed by atoms with Crippen molar-refractivity contribution < 1.29 is 21.2 Å². The Hall–Kier alpha value is -1.07. The predicted octanol–water partition coefficient (Wildman–Crippen LogP) is 1.25. The van der Waals surface area contributed by atoms with Crippen molar-refractivity contribution in [1.29, 1.82) is 0 Å². The molecule has 7 nitrogen and oxygen atoms in total. The number of nitrogens with zero attached hydrogens (tertiary/aromatic N) is 3. The topological polar surface area (TPSA) is 78.0 Å². The Balaban J connectivity index is 1.70. The molecule has 2 aliphatic rings. The summed E-state index contributed by atoms with van der Waals surface area (Å²) in [6.07, 6.45) is 3.75. The van der Waals surface area contributed by atoms with Gasteiger partial charge in [0.25, 0.3) is 10.2 Å². The monoisotopic (exact) mass is 405 g/mol. The fourth-order valence-corrected chi connectivity index (χ4v) is 6.53. The van der Waals surface area contributed by atoms with Gasteiger partial charge in [0.15, 0.2) is 0 Å². The SMILES string of the molecule is O=S(=O)(c1ccccc1F)N1CCN(S(=O)(=O)N2CCCCCC2)CC1. The molecule has 26 heavy (non-hydrogen) atoms. The van der Waals surface area contributed by atoms with E-state index in [0.717, 1.165) is 36.1 Å². The van der Waals surface area contributed by atoms with Crippen LogP contribution in [-0.2, 0) is 20.2 Å². The fourth-order valence-electron chi connectivity index (χ4n) is 3.37. The Kier molecular flexibility index (Phi) is 5.97. The maximum Gasteiger partial charge on any atom is 0.282 e. The van der Waals surface area contributed by atoms with Crippen LogP contribution in [0, 0.1) is 5.82 Å². The summed E-state index contributed by atoms with van der Waals surface area (Å²) in [6.45, 7) is 1.21. The van der Waals surface area contributed by atoms with Crippen LogP contribution in [0.5, 0.6) is 0 Å². The van der Waals surface area contributed by atoms with Crippen LogP contribution in [0.25, 0.3) is 0 Å². The fraction of sp³-hybridized carbons (Fsp3) is 0.625. The van der Waals surface area contributed by atoms with Gasteiger partial charge in [0.2, 0.25) is 10.0 Å². The lowest BCUT2D eigenvalue weighted by Gasteiger charge is -2.35. The van der Waals surface area contributed by atoms with Gasteiger partial charge in [-0.1, -0.05) is 25.0 Å². The van der Waals surface area contributed by atoms with E-state index < -0.39 is 26.0 Å². The van der Waals surface area contributed by atoms with Crippen molar-refractivity contribution in [2.24, 2.45) is 0 Å². The number of piperazine rings is 1. The van der Waals surface area contributed by atoms with Gasteiger partial charge in [-0.15, -0.1) is 0 Å². The van der Waals surface area contributed by atoms with Crippen LogP contribution < -0.4 is 0 Å². The van der Waals surface area contributed by atoms with Gasteiger partial charge in [0.1, 0.15) is 10.7 Å². The average Bonchev–Trinajstić information content (AvgIpc) is 2.92. The van der Waals surface area contributed by atoms with Gasteiger partial charge in [-0.25, -0.2) is 12.8 Å². The molecular formula is C16H24FN3O4S2. The third-order valence-electron chi connectivity index (χ3n) is 4.87. The molecule has 0 spiro atoms. The van der Waals surface area contributed by atoms with E-state index >= 15 is 0 Å². The lowest BCUT2D eigenvalue weighted by molar-refractivity contribution is 0.254. The first-order valence-corrected chi connectivity index (χ1v) is 11.7. The second-order valence-electron chi connectivity index (χ2n) is 6.55. The molecule has 1 aromatic carbocycles. The third kappa shape index (κ3) is 3.94. The summed E-state index contributed by atoms with van der Waals surface area (Å²) < 4.78 is 68.7. The highest BCUT2D eigenvalue weighted by Crippen LogP contribution is 2.23. The highest BCUT2D eigenvalue weighted by atomic mass is 32.2. The molecule has 0 aromatic heterocycles. The molecule has 0 radical (unpaired) electrons. The van der Waals surface area contributed by atoms with Crippen LogP contribution >= 0.6 is 0 Å². The molecule has 0 atom stereocenters. The van der Waals surface area contributed by atoms with E-state index in [2.05, 4.69) is 0 Å². The van der Waals surface area contributed by atoms with Crippen LogP contribution in [0.4, 0.5) is 4.39 Å². The highest BCUT2D eigenvalue weighted by Gasteiger charge is 2.36. The van der Waals surface area contributed by atoms with Gasteiger partial charge in [0, 0.05) is 39.3 Å². The summed E-state index contributed by atoms with van der Waals surface area (Å²) in [7, 11) is -7.55. The maximum atomic E-state index is 13.9. The molecule has 0 aliphatic carbocycles. The zero-order chi connectivity index (χ0) is 18.8. The number of halogens is 1. The zero-order valence-electron chi connectivity index (χ0n) is 14.5. The second-order valence-corrected chi connectivity index (χ2v) is 10.4. The second kappa shape index (κ2) is 7.89. The van der Waals surface area contributed by atoms with Crippen LogP contribution in [0.3, 0.4) is 0 Å². The first kappa shape index (κ1) is 19.7. The van der Waals surface area contributed by atoms with Gasteiger partial charge in [-0.3, -0.25) is 0 Å². The predicted molar refractivity (Wildman–Crippen MR) is 95.7 cm³/mol. The van der Waals surface area contributed by atoms with Gasteiger partial charge in [0.05, 0.1) is 0 Å². The molecule has 0 saturated carbocycles. The molecule has 2 fully saturated rings. The Bertz CT molecular complexity index is 829. The summed E-state index contributed by atoms with van der Waals surface area (Å²) in [5.74, 6) is -0.799. The lowest BCUT2D eigenvalue weighted by atomic mass is 10.2. The molecule has 2 aliphatic heterocycles. The summed E-state index contributed by atoms with van der Waals surface area (Å²) in [6, 6.07) is 5.23. The quantitative estimate of drug-likeness (QED) is 0.755. The average molecular weight is 406 g/mol. The van der Waals surface area contributed by atoms with E-state index in [9.17, 15) is 21.2 Å². The van der Waals surface area contributed by atoms with E-state index in [4.69, 9.17) is 0 Å². The normalized spacial score (nSPS) is 22.2. The van der Waals surface area contributed by atoms with Crippen molar-refractivity contribution in [3.63, 3.8) is 0 Å². The van der Waals surface area contributed by atoms with E-state index in [1.165, 1.54) is 26.8 Å². The number of benzene rings is 1. The van der Waals surface area contributed by atoms with Crippen molar-refractivity contribution in [3.8, 4) is 0 Å². The Morgan fingerprint density at radius 1 is 0.692 bits per heavy atom. The molecule has 3 rings (SSSR count). The molecule has 10 heteroatoms. The molecule has 0 N–H and O–H groups in total. The first-order chi connectivity index (χ1) is 12.3. The van der Waals surface area contributed by atoms with Crippen LogP contribution in [0.1, 0.15) is 25.7 Å². The van der Waals surface area contributed by atoms with E-state index in [-0.39, 0.29) is 31.1 Å². The zero-order valence-corrected chi connectivity index (χ0v) is 16.2. The van der Waals surface area contributed by atoms with E-state index in [1.54, 1.807) is 0 Å². The number of hydrogen-bond donors (Lipinski definition) is 0. The lowest BCUT2D eigenvalue weighted by Crippen LogP contribution is -2.54. The van der Waals surface area contributed by atoms with Gasteiger partial charge in [-0.05, 0) is 25.0 Å². The van der Waals surface area contributed by atoms with Crippen molar-refractivity contribution in [1.82, 2.24) is 12.9 Å². The minimum atomic E-state index is -3.97. The summed E-state index contributed by atoms with van der Waals surface area (Å²) in [5.41, 5.74) is 0. The molecule has 0 bridgehead atoms. The molecule has 1 aromatic rings. The molecule has 2 heterocycles. The Labute approximate surface area is 154 Å². The Morgan fingerprint density at radius 2 is 1.19 bits per heavy atom. The minimum absolute atomic E-state index is 0.0176. The molecular weight excluding hydrogens is 381 g/mol. The highest BCUT2D eigenvalue weighted by molar-refractivity contribution is 7.89. The van der Waals surface area contributed by atoms with E-state index in [1.807, 2.05) is 0 Å². The summed E-state index contributed by atoms with van der Waals surface area (Å²) >= 11 is 0. The standard InChI is InChI=1S/C16H24FN3O4S2/c17-15-7-3-4-8-16(15)25(21,22)18-11-13-20(14-12-18)26(23,24)19-9-5-1-2-6-10-19/h3-4,7-8H,1-2,5-6,9-14H2. The third-order valence-corrected chi connectivity index (χ3v) is 8.84. The largest absolute Gasteiger partial charge is 0.282 e. The van der Waals surface area contributed by atoms with Crippen molar-refractivity contribution in [2.45, 2.75) is 30.6 Å². The number of hydrogen-bond acceptors (Lipinski definition) is 4. The first-order valence-electron chi connectivity index (χ1n) is 8.83. The molecule has 0 unspecified atom stereocenters. The van der Waals surface area contributed by atoms with Crippen LogP contribution in [0.15, 0.2) is 29.2 Å². The van der Waals surface area contributed by atoms with Crippen molar-refractivity contribution in [2.75, 3.05) is 39.3 Å². The summed E-state index contributed by atoms with van der Waals surface area (Å²) in [5, 5.41) is 0. The molecule has 2 saturated heterocycles. The van der Waals surface area contributed by atoms with Crippen molar-refractivity contribution >= 4 is 20.2 Å². The number of sulfonamides is 1. The maximum absolute atomic E-state index is 13.9.